The molecule has 2 aromatic rings. The number of amides is 2. The highest BCUT2D eigenvalue weighted by Crippen LogP contribution is 2.30. The maximum Gasteiger partial charge on any atom is 0.283 e. The maximum atomic E-state index is 12.7. The van der Waals surface area contributed by atoms with E-state index in [0.29, 0.717) is 29.2 Å². The summed E-state index contributed by atoms with van der Waals surface area (Å²) in [5, 5.41) is 15.1. The van der Waals surface area contributed by atoms with Crippen LogP contribution in [0.5, 0.6) is 11.5 Å². The lowest BCUT2D eigenvalue weighted by Gasteiger charge is -2.20. The number of fused-ring (bicyclic) bond motifs is 1. The Balaban J connectivity index is 1.18. The number of ether oxygens (including phenoxy) is 2. The fourth-order valence-electron chi connectivity index (χ4n) is 4.17. The van der Waals surface area contributed by atoms with Gasteiger partial charge in [-0.1, -0.05) is 30.3 Å². The number of aryl methyl sites for hydroxylation is 1. The molecule has 5 rings (SSSR count). The summed E-state index contributed by atoms with van der Waals surface area (Å²) in [5.74, 6) is 0.972. The van der Waals surface area contributed by atoms with Crippen LogP contribution in [0.3, 0.4) is 0 Å². The van der Waals surface area contributed by atoms with Gasteiger partial charge in [0.25, 0.3) is 5.91 Å². The number of hydrogen-bond acceptors (Lipinski definition) is 7. The topological polar surface area (TPSA) is 108 Å². The van der Waals surface area contributed by atoms with Crippen LogP contribution in [-0.2, 0) is 9.59 Å². The average molecular weight is 518 g/mol. The fraction of sp³-hybridized carbons (Fsp3) is 0.296. The number of amidine groups is 2. The Hall–Kier alpha value is -3.92. The van der Waals surface area contributed by atoms with Crippen LogP contribution in [0.15, 0.2) is 64.2 Å². The van der Waals surface area contributed by atoms with Crippen LogP contribution in [0.4, 0.5) is 0 Å². The van der Waals surface area contributed by atoms with E-state index in [0.717, 1.165) is 42.8 Å². The van der Waals surface area contributed by atoms with E-state index in [1.165, 1.54) is 16.8 Å². The Morgan fingerprint density at radius 2 is 1.81 bits per heavy atom. The zero-order valence-electron chi connectivity index (χ0n) is 20.5. The quantitative estimate of drug-likeness (QED) is 0.418. The first-order chi connectivity index (χ1) is 18.0. The van der Waals surface area contributed by atoms with Gasteiger partial charge in [-0.25, -0.2) is 0 Å². The molecule has 2 aromatic carbocycles. The summed E-state index contributed by atoms with van der Waals surface area (Å²) >= 11 is 1.17. The summed E-state index contributed by atoms with van der Waals surface area (Å²) in [6.07, 6.45) is 3.81. The largest absolute Gasteiger partial charge is 0.490 e. The smallest absolute Gasteiger partial charge is 0.283 e. The Morgan fingerprint density at radius 1 is 1.08 bits per heavy atom. The summed E-state index contributed by atoms with van der Waals surface area (Å²) in [5.41, 5.74) is 1.94. The Labute approximate surface area is 219 Å². The Kier molecular flexibility index (Phi) is 7.36. The van der Waals surface area contributed by atoms with Crippen LogP contribution in [-0.4, -0.2) is 64.1 Å². The number of thioether (sulfide) groups is 1. The Bertz CT molecular complexity index is 1310. The number of carbonyl (C=O) groups excluding carboxylic acids is 2. The summed E-state index contributed by atoms with van der Waals surface area (Å²) in [4.78, 5) is 31.1. The summed E-state index contributed by atoms with van der Waals surface area (Å²) in [7, 11) is 0. The van der Waals surface area contributed by atoms with Gasteiger partial charge in [0.15, 0.2) is 5.84 Å². The first-order valence-electron chi connectivity index (χ1n) is 12.2. The van der Waals surface area contributed by atoms with Crippen molar-refractivity contribution < 1.29 is 19.1 Å². The molecule has 37 heavy (non-hydrogen) atoms. The second kappa shape index (κ2) is 11.0. The van der Waals surface area contributed by atoms with Gasteiger partial charge in [-0.3, -0.25) is 15.0 Å². The van der Waals surface area contributed by atoms with Crippen LogP contribution in [0, 0.1) is 12.3 Å². The highest BCUT2D eigenvalue weighted by Gasteiger charge is 2.36. The van der Waals surface area contributed by atoms with Crippen molar-refractivity contribution in [1.82, 2.24) is 9.91 Å². The van der Waals surface area contributed by atoms with Crippen LogP contribution < -0.4 is 9.47 Å². The minimum absolute atomic E-state index is 0.0156. The van der Waals surface area contributed by atoms with Crippen molar-refractivity contribution in [2.24, 2.45) is 10.1 Å². The number of nitrogens with one attached hydrogen (secondary N) is 1. The highest BCUT2D eigenvalue weighted by molar-refractivity contribution is 8.27. The standard InChI is InChI=1S/C27H27N5O4S/c1-18-6-2-3-7-22(18)36-15-14-35-20-10-8-19(9-11-20)16-21-25(28)32-27(29-26(21)34)37-23(30-32)17-24(33)31-12-4-5-13-31/h2-3,6-11,16,28H,4-5,12-15,17H2,1H3/b21-16-,28-25?. The van der Waals surface area contributed by atoms with Gasteiger partial charge in [0.2, 0.25) is 11.1 Å². The zero-order chi connectivity index (χ0) is 25.8. The molecule has 0 atom stereocenters. The summed E-state index contributed by atoms with van der Waals surface area (Å²) in [6, 6.07) is 15.1. The first-order valence-corrected chi connectivity index (χ1v) is 13.0. The number of nitrogens with zero attached hydrogens (tertiary/aromatic N) is 4. The molecule has 2 amide bonds. The molecule has 1 N–H and O–H groups in total. The molecule has 1 saturated heterocycles. The van der Waals surface area contributed by atoms with Crippen LogP contribution in [0.25, 0.3) is 6.08 Å². The lowest BCUT2D eigenvalue weighted by molar-refractivity contribution is -0.128. The van der Waals surface area contributed by atoms with Gasteiger partial charge in [0.1, 0.15) is 29.8 Å². The summed E-state index contributed by atoms with van der Waals surface area (Å²) in [6.45, 7) is 4.35. The predicted molar refractivity (Wildman–Crippen MR) is 144 cm³/mol. The van der Waals surface area contributed by atoms with Crippen molar-refractivity contribution in [3.8, 4) is 11.5 Å². The van der Waals surface area contributed by atoms with Gasteiger partial charge >= 0.3 is 0 Å². The van der Waals surface area contributed by atoms with E-state index in [-0.39, 0.29) is 23.7 Å². The van der Waals surface area contributed by atoms with E-state index in [9.17, 15) is 9.59 Å². The number of benzene rings is 2. The van der Waals surface area contributed by atoms with E-state index >= 15 is 0 Å². The SMILES string of the molecule is Cc1ccccc1OCCOc1ccc(/C=C2/C(=N)N3N=C(CC(=O)N4CCCC4)SC3=NC2=O)cc1. The highest BCUT2D eigenvalue weighted by atomic mass is 32.2. The van der Waals surface area contributed by atoms with Crippen molar-refractivity contribution in [3.63, 3.8) is 0 Å². The monoisotopic (exact) mass is 517 g/mol. The second-order valence-corrected chi connectivity index (χ2v) is 9.85. The van der Waals surface area contributed by atoms with Gasteiger partial charge in [0, 0.05) is 13.1 Å². The number of carbonyl (C=O) groups is 2. The van der Waals surface area contributed by atoms with Crippen molar-refractivity contribution >= 4 is 45.7 Å². The third kappa shape index (κ3) is 5.75. The molecule has 0 bridgehead atoms. The predicted octanol–water partition coefficient (Wildman–Crippen LogP) is 4.08. The molecule has 0 radical (unpaired) electrons. The van der Waals surface area contributed by atoms with Crippen LogP contribution >= 0.6 is 11.8 Å². The first kappa shape index (κ1) is 24.8. The molecule has 9 nitrogen and oxygen atoms in total. The van der Waals surface area contributed by atoms with Crippen molar-refractivity contribution in [1.29, 1.82) is 5.41 Å². The second-order valence-electron chi connectivity index (χ2n) is 8.81. The number of rotatable bonds is 8. The molecule has 0 aliphatic carbocycles. The van der Waals surface area contributed by atoms with Crippen molar-refractivity contribution in [2.45, 2.75) is 26.2 Å². The third-order valence-electron chi connectivity index (χ3n) is 6.15. The fourth-order valence-corrected chi connectivity index (χ4v) is 5.04. The van der Waals surface area contributed by atoms with Crippen LogP contribution in [0.1, 0.15) is 30.4 Å². The van der Waals surface area contributed by atoms with Crippen molar-refractivity contribution in [3.05, 3.63) is 65.2 Å². The van der Waals surface area contributed by atoms with Crippen LogP contribution in [0.2, 0.25) is 0 Å². The number of hydrogen-bond donors (Lipinski definition) is 1. The molecule has 3 aliphatic rings. The molecular formula is C27H27N5O4S. The zero-order valence-corrected chi connectivity index (χ0v) is 21.3. The lowest BCUT2D eigenvalue weighted by Crippen LogP contribution is -2.35. The minimum atomic E-state index is -0.500. The molecule has 0 aromatic heterocycles. The molecular weight excluding hydrogens is 490 g/mol. The average Bonchev–Trinajstić information content (AvgIpc) is 3.57. The summed E-state index contributed by atoms with van der Waals surface area (Å²) < 4.78 is 11.5. The normalized spacial score (nSPS) is 18.1. The molecule has 3 heterocycles. The number of aliphatic imine (C=N–C) groups is 1. The van der Waals surface area contributed by atoms with E-state index in [2.05, 4.69) is 10.1 Å². The molecule has 0 unspecified atom stereocenters. The third-order valence-corrected chi connectivity index (χ3v) is 7.06. The van der Waals surface area contributed by atoms with E-state index in [1.807, 2.05) is 48.2 Å². The van der Waals surface area contributed by atoms with Gasteiger partial charge in [-0.2, -0.15) is 15.1 Å². The maximum absolute atomic E-state index is 12.7. The van der Waals surface area contributed by atoms with E-state index in [1.54, 1.807) is 18.2 Å². The van der Waals surface area contributed by atoms with E-state index in [4.69, 9.17) is 14.9 Å². The molecule has 3 aliphatic heterocycles. The molecule has 10 heteroatoms. The minimum Gasteiger partial charge on any atom is -0.490 e. The molecule has 1 fully saturated rings. The lowest BCUT2D eigenvalue weighted by atomic mass is 10.1. The molecule has 0 spiro atoms. The van der Waals surface area contributed by atoms with Crippen molar-refractivity contribution in [2.75, 3.05) is 26.3 Å². The van der Waals surface area contributed by atoms with Gasteiger partial charge in [-0.15, -0.1) is 0 Å². The van der Waals surface area contributed by atoms with Gasteiger partial charge in [0.05, 0.1) is 12.0 Å². The number of hydrazone groups is 1. The molecule has 0 saturated carbocycles. The number of para-hydroxylation sites is 1. The van der Waals surface area contributed by atoms with Gasteiger partial charge < -0.3 is 14.4 Å². The molecule has 190 valence electrons. The van der Waals surface area contributed by atoms with Gasteiger partial charge in [-0.05, 0) is 66.9 Å². The van der Waals surface area contributed by atoms with E-state index < -0.39 is 5.91 Å². The number of likely N-dealkylation sites (tertiary alicyclic amines) is 1. The Morgan fingerprint density at radius 3 is 2.57 bits per heavy atom.